The summed E-state index contributed by atoms with van der Waals surface area (Å²) >= 11 is 11.9. The van der Waals surface area contributed by atoms with Gasteiger partial charge in [0.2, 0.25) is 5.91 Å². The lowest BCUT2D eigenvalue weighted by Crippen LogP contribution is -2.53. The first-order valence-electron chi connectivity index (χ1n) is 7.54. The fraction of sp³-hybridized carbons (Fsp3) is 0.438. The Kier molecular flexibility index (Phi) is 5.72. The number of hydrogen-bond donors (Lipinski definition) is 2. The molecule has 0 bridgehead atoms. The molecule has 24 heavy (non-hydrogen) atoms. The third-order valence-corrected chi connectivity index (χ3v) is 4.70. The molecule has 0 aliphatic heterocycles. The molecule has 2 atom stereocenters. The van der Waals surface area contributed by atoms with E-state index in [9.17, 15) is 19.5 Å². The topological polar surface area (TPSA) is 86.7 Å². The number of nitrogens with one attached hydrogen (secondary N) is 1. The van der Waals surface area contributed by atoms with Gasteiger partial charge in [-0.15, -0.1) is 0 Å². The lowest BCUT2D eigenvalue weighted by Gasteiger charge is -2.29. The molecule has 0 radical (unpaired) electrons. The molecule has 1 fully saturated rings. The molecule has 1 aromatic carbocycles. The third-order valence-electron chi connectivity index (χ3n) is 3.88. The highest BCUT2D eigenvalue weighted by Crippen LogP contribution is 2.29. The average Bonchev–Trinajstić information content (AvgIpc) is 3.34. The average molecular weight is 373 g/mol. The van der Waals surface area contributed by atoms with Crippen LogP contribution in [0.2, 0.25) is 10.0 Å². The molecule has 0 spiro atoms. The van der Waals surface area contributed by atoms with Crippen molar-refractivity contribution in [1.29, 1.82) is 0 Å². The molecule has 2 rings (SSSR count). The normalized spacial score (nSPS) is 16.2. The minimum atomic E-state index is -1.08. The molecule has 8 heteroatoms. The van der Waals surface area contributed by atoms with Gasteiger partial charge in [0, 0.05) is 6.04 Å². The van der Waals surface area contributed by atoms with Gasteiger partial charge in [-0.1, -0.05) is 29.3 Å². The first-order chi connectivity index (χ1) is 11.2. The molecule has 130 valence electrons. The first kappa shape index (κ1) is 18.5. The maximum Gasteiger partial charge on any atom is 0.326 e. The van der Waals surface area contributed by atoms with Gasteiger partial charge in [-0.25, -0.2) is 4.79 Å². The lowest BCUT2D eigenvalue weighted by atomic mass is 10.1. The Balaban J connectivity index is 2.11. The van der Waals surface area contributed by atoms with Crippen LogP contribution in [0.15, 0.2) is 18.2 Å². The molecule has 2 N–H and O–H groups in total. The zero-order chi connectivity index (χ0) is 18.0. The number of carbonyl (C=O) groups excluding carboxylic acids is 2. The molecule has 0 aromatic heterocycles. The van der Waals surface area contributed by atoms with Crippen molar-refractivity contribution in [1.82, 2.24) is 10.2 Å². The van der Waals surface area contributed by atoms with Crippen LogP contribution in [0, 0.1) is 0 Å². The maximum atomic E-state index is 12.6. The predicted octanol–water partition coefficient (Wildman–Crippen LogP) is 2.58. The smallest absolute Gasteiger partial charge is 0.326 e. The van der Waals surface area contributed by atoms with Gasteiger partial charge in [-0.2, -0.15) is 0 Å². The van der Waals surface area contributed by atoms with Gasteiger partial charge in [0.25, 0.3) is 5.91 Å². The molecule has 0 saturated heterocycles. The van der Waals surface area contributed by atoms with Gasteiger partial charge < -0.3 is 15.3 Å². The second kappa shape index (κ2) is 7.40. The van der Waals surface area contributed by atoms with Crippen LogP contribution >= 0.6 is 23.2 Å². The van der Waals surface area contributed by atoms with Gasteiger partial charge in [0.15, 0.2) is 0 Å². The zero-order valence-electron chi connectivity index (χ0n) is 13.3. The Bertz CT molecular complexity index is 676. The fourth-order valence-electron chi connectivity index (χ4n) is 2.40. The van der Waals surface area contributed by atoms with Crippen LogP contribution in [0.5, 0.6) is 0 Å². The van der Waals surface area contributed by atoms with Crippen molar-refractivity contribution in [3.63, 3.8) is 0 Å². The van der Waals surface area contributed by atoms with Crippen LogP contribution in [-0.2, 0) is 9.59 Å². The molecular formula is C16H18Cl2N2O4. The van der Waals surface area contributed by atoms with Crippen molar-refractivity contribution in [2.24, 2.45) is 0 Å². The largest absolute Gasteiger partial charge is 0.480 e. The van der Waals surface area contributed by atoms with Crippen molar-refractivity contribution < 1.29 is 19.5 Å². The van der Waals surface area contributed by atoms with E-state index in [-0.39, 0.29) is 21.7 Å². The van der Waals surface area contributed by atoms with Crippen LogP contribution in [0.4, 0.5) is 0 Å². The molecular weight excluding hydrogens is 355 g/mol. The van der Waals surface area contributed by atoms with Crippen molar-refractivity contribution in [3.8, 4) is 0 Å². The summed E-state index contributed by atoms with van der Waals surface area (Å²) in [5.74, 6) is -2.05. The monoisotopic (exact) mass is 372 g/mol. The zero-order valence-corrected chi connectivity index (χ0v) is 14.8. The Morgan fingerprint density at radius 1 is 1.25 bits per heavy atom. The Morgan fingerprint density at radius 2 is 1.88 bits per heavy atom. The first-order valence-corrected chi connectivity index (χ1v) is 8.29. The van der Waals surface area contributed by atoms with E-state index in [1.165, 1.54) is 24.8 Å². The molecule has 1 aliphatic rings. The summed E-state index contributed by atoms with van der Waals surface area (Å²) in [7, 11) is 0. The number of carboxylic acids is 1. The standard InChI is InChI=1S/C16H18Cl2N2O4/c1-8(15(22)20(10-6-7-10)9(2)16(23)24)19-14(21)11-4-3-5-12(17)13(11)18/h3-5,8-10H,6-7H2,1-2H3,(H,19,21)(H,23,24). The number of carboxylic acid groups (broad SMARTS) is 1. The minimum Gasteiger partial charge on any atom is -0.480 e. The molecule has 2 amide bonds. The van der Waals surface area contributed by atoms with E-state index in [0.717, 1.165) is 12.8 Å². The number of aliphatic carboxylic acids is 1. The van der Waals surface area contributed by atoms with E-state index in [1.807, 2.05) is 0 Å². The highest BCUT2D eigenvalue weighted by atomic mass is 35.5. The number of nitrogens with zero attached hydrogens (tertiary/aromatic N) is 1. The maximum absolute atomic E-state index is 12.6. The second-order valence-corrected chi connectivity index (χ2v) is 6.57. The summed E-state index contributed by atoms with van der Waals surface area (Å²) in [5, 5.41) is 12.1. The predicted molar refractivity (Wildman–Crippen MR) is 90.4 cm³/mol. The lowest BCUT2D eigenvalue weighted by molar-refractivity contribution is -0.150. The van der Waals surface area contributed by atoms with E-state index in [1.54, 1.807) is 12.1 Å². The molecule has 1 aromatic rings. The van der Waals surface area contributed by atoms with Gasteiger partial charge in [-0.3, -0.25) is 9.59 Å². The number of hydrogen-bond acceptors (Lipinski definition) is 3. The van der Waals surface area contributed by atoms with E-state index in [4.69, 9.17) is 23.2 Å². The molecule has 2 unspecified atom stereocenters. The van der Waals surface area contributed by atoms with Crippen molar-refractivity contribution in [2.45, 2.75) is 44.8 Å². The number of carbonyl (C=O) groups is 3. The Hall–Kier alpha value is -1.79. The van der Waals surface area contributed by atoms with Gasteiger partial charge in [-0.05, 0) is 38.8 Å². The van der Waals surface area contributed by atoms with Crippen LogP contribution in [-0.4, -0.2) is 45.9 Å². The third kappa shape index (κ3) is 3.99. The number of halogens is 2. The molecule has 0 heterocycles. The SMILES string of the molecule is CC(NC(=O)c1cccc(Cl)c1Cl)C(=O)N(C1CC1)C(C)C(=O)O. The highest BCUT2D eigenvalue weighted by molar-refractivity contribution is 6.43. The van der Waals surface area contributed by atoms with E-state index < -0.39 is 29.9 Å². The van der Waals surface area contributed by atoms with E-state index in [2.05, 4.69) is 5.32 Å². The van der Waals surface area contributed by atoms with Crippen molar-refractivity contribution in [3.05, 3.63) is 33.8 Å². The second-order valence-electron chi connectivity index (χ2n) is 5.79. The van der Waals surface area contributed by atoms with E-state index >= 15 is 0 Å². The summed E-state index contributed by atoms with van der Waals surface area (Å²) in [5.41, 5.74) is 0.160. The number of benzene rings is 1. The summed E-state index contributed by atoms with van der Waals surface area (Å²) in [6.07, 6.45) is 1.54. The Morgan fingerprint density at radius 3 is 2.42 bits per heavy atom. The summed E-state index contributed by atoms with van der Waals surface area (Å²) in [4.78, 5) is 37.4. The molecule has 1 aliphatic carbocycles. The van der Waals surface area contributed by atoms with Crippen LogP contribution in [0.1, 0.15) is 37.0 Å². The van der Waals surface area contributed by atoms with Crippen LogP contribution < -0.4 is 5.32 Å². The van der Waals surface area contributed by atoms with Gasteiger partial charge in [0.1, 0.15) is 12.1 Å². The summed E-state index contributed by atoms with van der Waals surface area (Å²) in [6, 6.07) is 2.73. The quantitative estimate of drug-likeness (QED) is 0.803. The molecule has 1 saturated carbocycles. The van der Waals surface area contributed by atoms with Gasteiger partial charge in [0.05, 0.1) is 15.6 Å². The van der Waals surface area contributed by atoms with Crippen LogP contribution in [0.25, 0.3) is 0 Å². The minimum absolute atomic E-state index is 0.0855. The summed E-state index contributed by atoms with van der Waals surface area (Å²) < 4.78 is 0. The molecule has 6 nitrogen and oxygen atoms in total. The summed E-state index contributed by atoms with van der Waals surface area (Å²) in [6.45, 7) is 2.98. The van der Waals surface area contributed by atoms with Crippen LogP contribution in [0.3, 0.4) is 0 Å². The van der Waals surface area contributed by atoms with Crippen molar-refractivity contribution in [2.75, 3.05) is 0 Å². The highest BCUT2D eigenvalue weighted by Gasteiger charge is 2.40. The Labute approximate surface area is 149 Å². The van der Waals surface area contributed by atoms with E-state index in [0.29, 0.717) is 0 Å². The number of amides is 2. The number of rotatable bonds is 6. The fourth-order valence-corrected chi connectivity index (χ4v) is 2.78. The van der Waals surface area contributed by atoms with Gasteiger partial charge >= 0.3 is 5.97 Å². The van der Waals surface area contributed by atoms with Crippen molar-refractivity contribution >= 4 is 41.0 Å².